The van der Waals surface area contributed by atoms with Gasteiger partial charge in [-0.25, -0.2) is 0 Å². The van der Waals surface area contributed by atoms with Gasteiger partial charge in [0.25, 0.3) is 0 Å². The lowest BCUT2D eigenvalue weighted by atomic mass is 9.81. The molecular formula is C18H24. The van der Waals surface area contributed by atoms with Crippen molar-refractivity contribution in [1.29, 1.82) is 0 Å². The minimum atomic E-state index is 0.774. The van der Waals surface area contributed by atoms with E-state index in [4.69, 9.17) is 0 Å². The fourth-order valence-electron chi connectivity index (χ4n) is 3.70. The van der Waals surface area contributed by atoms with Crippen LogP contribution >= 0.6 is 0 Å². The van der Waals surface area contributed by atoms with Gasteiger partial charge in [-0.1, -0.05) is 38.5 Å². The Morgan fingerprint density at radius 3 is 1.33 bits per heavy atom. The molecule has 0 amide bonds. The Morgan fingerprint density at radius 2 is 1.00 bits per heavy atom. The highest BCUT2D eigenvalue weighted by atomic mass is 14.2. The quantitative estimate of drug-likeness (QED) is 0.651. The van der Waals surface area contributed by atoms with Crippen LogP contribution in [0.1, 0.15) is 87.2 Å². The molecule has 96 valence electrons. The summed E-state index contributed by atoms with van der Waals surface area (Å²) >= 11 is 0. The van der Waals surface area contributed by atoms with E-state index >= 15 is 0 Å². The monoisotopic (exact) mass is 240 g/mol. The highest BCUT2D eigenvalue weighted by Gasteiger charge is 2.18. The van der Waals surface area contributed by atoms with Gasteiger partial charge in [-0.05, 0) is 72.9 Å². The Bertz CT molecular complexity index is 313. The van der Waals surface area contributed by atoms with Crippen LogP contribution in [0, 0.1) is 12.1 Å². The number of rotatable bonds is 2. The molecule has 0 aromatic heterocycles. The molecule has 2 aliphatic carbocycles. The molecule has 0 spiro atoms. The van der Waals surface area contributed by atoms with Gasteiger partial charge in [-0.15, -0.1) is 0 Å². The summed E-state index contributed by atoms with van der Waals surface area (Å²) < 4.78 is 0. The van der Waals surface area contributed by atoms with Crippen molar-refractivity contribution in [2.45, 2.75) is 76.0 Å². The molecule has 0 nitrogen and oxygen atoms in total. The standard InChI is InChI=1S/C18H24/c1-3-7-15(8-4-1)17-11-13-18(14-12-17)16-9-5-2-6-10-16/h11,14-16H,1-10H2. The van der Waals surface area contributed by atoms with Crippen LogP contribution in [0.2, 0.25) is 0 Å². The zero-order valence-electron chi connectivity index (χ0n) is 11.4. The predicted octanol–water partition coefficient (Wildman–Crippen LogP) is 5.38. The Morgan fingerprint density at radius 1 is 0.611 bits per heavy atom. The van der Waals surface area contributed by atoms with Gasteiger partial charge in [-0.2, -0.15) is 0 Å². The van der Waals surface area contributed by atoms with Crippen molar-refractivity contribution < 1.29 is 0 Å². The third-order valence-corrected chi connectivity index (χ3v) is 4.88. The summed E-state index contributed by atoms with van der Waals surface area (Å²) in [6, 6.07) is 11.6. The SMILES string of the molecule is [c]1cc(C2CCCCC2)[c]cc1C1CCCCC1. The van der Waals surface area contributed by atoms with E-state index in [1.54, 1.807) is 0 Å². The van der Waals surface area contributed by atoms with Crippen LogP contribution < -0.4 is 0 Å². The summed E-state index contributed by atoms with van der Waals surface area (Å²) in [4.78, 5) is 0. The molecule has 1 aromatic rings. The second-order valence-electron chi connectivity index (χ2n) is 6.16. The summed E-state index contributed by atoms with van der Waals surface area (Å²) in [5.41, 5.74) is 2.85. The van der Waals surface area contributed by atoms with Crippen molar-refractivity contribution in [3.8, 4) is 0 Å². The van der Waals surface area contributed by atoms with Crippen LogP contribution in [0.15, 0.2) is 12.1 Å². The second kappa shape index (κ2) is 5.91. The van der Waals surface area contributed by atoms with Crippen LogP contribution in [0.3, 0.4) is 0 Å². The van der Waals surface area contributed by atoms with E-state index in [-0.39, 0.29) is 0 Å². The normalized spacial score (nSPS) is 23.1. The molecular weight excluding hydrogens is 216 g/mol. The third kappa shape index (κ3) is 2.79. The van der Waals surface area contributed by atoms with Gasteiger partial charge >= 0.3 is 0 Å². The average Bonchev–Trinajstić information content (AvgIpc) is 2.49. The highest BCUT2D eigenvalue weighted by molar-refractivity contribution is 5.26. The van der Waals surface area contributed by atoms with E-state index in [2.05, 4.69) is 24.3 Å². The summed E-state index contributed by atoms with van der Waals surface area (Å²) in [5.74, 6) is 1.55. The van der Waals surface area contributed by atoms with Crippen molar-refractivity contribution in [3.63, 3.8) is 0 Å². The molecule has 0 heteroatoms. The maximum Gasteiger partial charge on any atom is -0.0143 e. The molecule has 2 fully saturated rings. The van der Waals surface area contributed by atoms with Crippen LogP contribution in [0.4, 0.5) is 0 Å². The predicted molar refractivity (Wildman–Crippen MR) is 75.8 cm³/mol. The molecule has 2 saturated carbocycles. The first-order valence-electron chi connectivity index (χ1n) is 7.87. The minimum absolute atomic E-state index is 0.774. The molecule has 0 saturated heterocycles. The van der Waals surface area contributed by atoms with E-state index < -0.39 is 0 Å². The van der Waals surface area contributed by atoms with Crippen LogP contribution in [-0.4, -0.2) is 0 Å². The molecule has 0 aliphatic heterocycles. The Labute approximate surface area is 112 Å². The van der Waals surface area contributed by atoms with Gasteiger partial charge in [0.05, 0.1) is 0 Å². The van der Waals surface area contributed by atoms with Crippen molar-refractivity contribution in [2.75, 3.05) is 0 Å². The number of hydrogen-bond donors (Lipinski definition) is 0. The average molecular weight is 240 g/mol. The molecule has 1 aromatic carbocycles. The van der Waals surface area contributed by atoms with Crippen LogP contribution in [0.5, 0.6) is 0 Å². The van der Waals surface area contributed by atoms with Crippen molar-refractivity contribution in [1.82, 2.24) is 0 Å². The second-order valence-corrected chi connectivity index (χ2v) is 6.16. The molecule has 0 unspecified atom stereocenters. The summed E-state index contributed by atoms with van der Waals surface area (Å²) in [6.07, 6.45) is 14.0. The lowest BCUT2D eigenvalue weighted by Crippen LogP contribution is -2.07. The first-order chi connectivity index (χ1) is 8.93. The topological polar surface area (TPSA) is 0 Å². The Hall–Kier alpha value is -0.780. The Balaban J connectivity index is 1.67. The molecule has 0 atom stereocenters. The zero-order valence-corrected chi connectivity index (χ0v) is 11.4. The highest BCUT2D eigenvalue weighted by Crippen LogP contribution is 2.35. The van der Waals surface area contributed by atoms with Gasteiger partial charge in [0.2, 0.25) is 0 Å². The van der Waals surface area contributed by atoms with Crippen molar-refractivity contribution in [2.24, 2.45) is 0 Å². The largest absolute Gasteiger partial charge is 0.0533 e. The Kier molecular flexibility index (Phi) is 4.02. The van der Waals surface area contributed by atoms with Crippen molar-refractivity contribution in [3.05, 3.63) is 35.4 Å². The smallest absolute Gasteiger partial charge is 0.0143 e. The van der Waals surface area contributed by atoms with E-state index in [9.17, 15) is 0 Å². The van der Waals surface area contributed by atoms with Crippen LogP contribution in [-0.2, 0) is 0 Å². The van der Waals surface area contributed by atoms with Crippen LogP contribution in [0.25, 0.3) is 0 Å². The number of hydrogen-bond acceptors (Lipinski definition) is 0. The molecule has 3 rings (SSSR count). The molecule has 0 N–H and O–H groups in total. The first kappa shape index (κ1) is 12.3. The molecule has 0 bridgehead atoms. The van der Waals surface area contributed by atoms with Gasteiger partial charge in [0, 0.05) is 0 Å². The van der Waals surface area contributed by atoms with Crippen molar-refractivity contribution >= 4 is 0 Å². The molecule has 18 heavy (non-hydrogen) atoms. The summed E-state index contributed by atoms with van der Waals surface area (Å²) in [6.45, 7) is 0. The van der Waals surface area contributed by atoms with E-state index in [0.717, 1.165) is 11.8 Å². The first-order valence-corrected chi connectivity index (χ1v) is 7.87. The van der Waals surface area contributed by atoms with Gasteiger partial charge in [-0.3, -0.25) is 0 Å². The van der Waals surface area contributed by atoms with Gasteiger partial charge < -0.3 is 0 Å². The summed E-state index contributed by atoms with van der Waals surface area (Å²) in [7, 11) is 0. The van der Waals surface area contributed by atoms with E-state index in [1.807, 2.05) is 0 Å². The minimum Gasteiger partial charge on any atom is -0.0533 e. The molecule has 2 aliphatic rings. The van der Waals surface area contributed by atoms with Gasteiger partial charge in [0.1, 0.15) is 0 Å². The lowest BCUT2D eigenvalue weighted by Gasteiger charge is -2.24. The summed E-state index contributed by atoms with van der Waals surface area (Å²) in [5, 5.41) is 0. The fourth-order valence-corrected chi connectivity index (χ4v) is 3.70. The maximum absolute atomic E-state index is 3.57. The zero-order chi connectivity index (χ0) is 12.2. The van der Waals surface area contributed by atoms with E-state index in [0.29, 0.717) is 0 Å². The molecule has 0 heterocycles. The third-order valence-electron chi connectivity index (χ3n) is 4.88. The fraction of sp³-hybridized carbons (Fsp3) is 0.667. The lowest BCUT2D eigenvalue weighted by molar-refractivity contribution is 0.438. The molecule has 2 radical (unpaired) electrons. The maximum atomic E-state index is 3.57. The van der Waals surface area contributed by atoms with Gasteiger partial charge in [0.15, 0.2) is 0 Å². The number of benzene rings is 1. The van der Waals surface area contributed by atoms with E-state index in [1.165, 1.54) is 75.3 Å².